The van der Waals surface area contributed by atoms with Crippen LogP contribution in [0, 0.1) is 0 Å². The van der Waals surface area contributed by atoms with E-state index in [0.29, 0.717) is 32.0 Å². The Labute approximate surface area is 744 Å². The van der Waals surface area contributed by atoms with Crippen molar-refractivity contribution in [3.63, 3.8) is 0 Å². The highest BCUT2D eigenvalue weighted by Crippen LogP contribution is 2.49. The molecule has 12 aromatic rings. The van der Waals surface area contributed by atoms with Crippen molar-refractivity contribution in [3.8, 4) is 90.5 Å². The summed E-state index contributed by atoms with van der Waals surface area (Å²) < 4.78 is 210. The van der Waals surface area contributed by atoms with E-state index in [9.17, 15) is 62.9 Å². The molecular weight excluding hydrogens is 1710 g/mol. The van der Waals surface area contributed by atoms with E-state index in [0.717, 1.165) is 169 Å². The molecule has 12 aromatic carbocycles. The fourth-order valence-corrected chi connectivity index (χ4v) is 16.8. The number of anilines is 4. The van der Waals surface area contributed by atoms with E-state index in [1.54, 1.807) is 78.7 Å². The summed E-state index contributed by atoms with van der Waals surface area (Å²) >= 11 is 0. The molecule has 0 amide bonds. The summed E-state index contributed by atoms with van der Waals surface area (Å²) in [6.45, 7) is 7.16. The Morgan fingerprint density at radius 1 is 0.338 bits per heavy atom. The molecule has 4 N–H and O–H groups in total. The van der Waals surface area contributed by atoms with Crippen LogP contribution in [-0.2, 0) is 30.4 Å². The second kappa shape index (κ2) is 43.5. The van der Waals surface area contributed by atoms with Gasteiger partial charge in [-0.25, -0.2) is 0 Å². The van der Waals surface area contributed by atoms with Gasteiger partial charge in [-0.15, -0.1) is 52.7 Å². The zero-order chi connectivity index (χ0) is 93.0. The number of rotatable bonds is 20. The summed E-state index contributed by atoms with van der Waals surface area (Å²) in [5, 5.41) is 27.4. The van der Waals surface area contributed by atoms with Crippen LogP contribution in [0.4, 0.5) is 84.6 Å². The molecule has 0 aliphatic carbocycles. The number of epoxide rings is 1. The lowest BCUT2D eigenvalue weighted by Gasteiger charge is -2.41. The van der Waals surface area contributed by atoms with Crippen LogP contribution in [0.25, 0.3) is 44.5 Å². The van der Waals surface area contributed by atoms with Crippen molar-refractivity contribution in [2.45, 2.75) is 140 Å². The molecule has 5 aliphatic rings. The molecule has 15 nitrogen and oxygen atoms in total. The predicted octanol–water partition coefficient (Wildman–Crippen LogP) is 26.2. The molecule has 0 spiro atoms. The zero-order valence-corrected chi connectivity index (χ0v) is 72.0. The quantitative estimate of drug-likeness (QED) is 0.0422. The van der Waals surface area contributed by atoms with Gasteiger partial charge < -0.3 is 73.3 Å². The number of aliphatic hydroxyl groups is 2. The van der Waals surface area contributed by atoms with Crippen molar-refractivity contribution in [2.75, 3.05) is 68.6 Å². The highest BCUT2D eigenvalue weighted by molar-refractivity contribution is 5.80. The van der Waals surface area contributed by atoms with Gasteiger partial charge in [0.05, 0.1) is 77.5 Å². The number of hydrogen-bond acceptors (Lipinski definition) is 15. The van der Waals surface area contributed by atoms with Crippen molar-refractivity contribution in [1.29, 1.82) is 0 Å². The first-order valence-corrected chi connectivity index (χ1v) is 41.9. The summed E-state index contributed by atoms with van der Waals surface area (Å²) in [7, 11) is 6.54. The molecule has 5 heterocycles. The van der Waals surface area contributed by atoms with Crippen molar-refractivity contribution in [1.82, 2.24) is 0 Å². The molecular formula is C101H98F14N4O11. The lowest BCUT2D eigenvalue weighted by atomic mass is 9.86. The van der Waals surface area contributed by atoms with Crippen molar-refractivity contribution < 1.29 is 115 Å². The third-order valence-electron chi connectivity index (χ3n) is 22.3. The minimum Gasteiger partial charge on any atom is -0.497 e. The second-order valence-corrected chi connectivity index (χ2v) is 31.4. The van der Waals surface area contributed by atoms with Crippen molar-refractivity contribution in [3.05, 3.63) is 311 Å². The Morgan fingerprint density at radius 2 is 0.585 bits per heavy atom. The first kappa shape index (κ1) is 96.2. The number of methoxy groups -OCH3 is 4. The number of fused-ring (bicyclic) bond motifs is 4. The minimum absolute atomic E-state index is 0.0835. The average molecular weight is 1810 g/mol. The molecule has 1 fully saturated rings. The lowest BCUT2D eigenvalue weighted by molar-refractivity contribution is -0.275. The van der Waals surface area contributed by atoms with Gasteiger partial charge in [-0.05, 0) is 282 Å². The van der Waals surface area contributed by atoms with Gasteiger partial charge in [-0.2, -0.15) is 0 Å². The predicted molar refractivity (Wildman–Crippen MR) is 473 cm³/mol. The average Bonchev–Trinajstić information content (AvgIpc) is 1.88. The Kier molecular flexibility index (Phi) is 32.2. The molecule has 2 unspecified atom stereocenters. The molecule has 0 radical (unpaired) electrons. The molecule has 0 saturated carbocycles. The SMILES string of the molecule is COc1cccc(-c2cccc3c2CCC(c2cccc(OC(F)(F)F)c2)N3)c1.COc1cccc(-c2cccc3c2CCC(c2cccc(OC(F)(F)F)c2)N3)c1.COc1cccc(-c2cccc3c2CC[C@@H](c2cccc(OC(F)(F)F)c2)N3C[C@@H](C)O)c1.COc1cccc(-c2cccc3c2CC[C@H](c2cccc(OC(F)(F)F)c2)N3C[C@@H](C)O)c1.C[C@@H]1CO1.FF. The van der Waals surface area contributed by atoms with E-state index in [1.807, 2.05) is 158 Å². The summed E-state index contributed by atoms with van der Waals surface area (Å²) in [5.74, 6) is 2.23. The van der Waals surface area contributed by atoms with E-state index in [-0.39, 0.29) is 47.2 Å². The van der Waals surface area contributed by atoms with Crippen LogP contribution >= 0.6 is 0 Å². The van der Waals surface area contributed by atoms with Crippen LogP contribution in [0.15, 0.2) is 267 Å². The third-order valence-corrected chi connectivity index (χ3v) is 22.3. The van der Waals surface area contributed by atoms with E-state index in [4.69, 9.17) is 32.8 Å². The number of halogens is 14. The molecule has 686 valence electrons. The minimum atomic E-state index is -4.75. The first-order chi connectivity index (χ1) is 62.2. The van der Waals surface area contributed by atoms with Crippen LogP contribution in [0.3, 0.4) is 0 Å². The van der Waals surface area contributed by atoms with Gasteiger partial charge in [0.15, 0.2) is 0 Å². The van der Waals surface area contributed by atoms with Crippen LogP contribution in [0.5, 0.6) is 46.0 Å². The number of nitrogens with one attached hydrogen (secondary N) is 2. The van der Waals surface area contributed by atoms with Crippen molar-refractivity contribution >= 4 is 22.7 Å². The molecule has 130 heavy (non-hydrogen) atoms. The van der Waals surface area contributed by atoms with Gasteiger partial charge in [-0.1, -0.05) is 146 Å². The highest BCUT2D eigenvalue weighted by Gasteiger charge is 2.38. The number of nitrogens with zero attached hydrogens (tertiary/aromatic N) is 2. The zero-order valence-electron chi connectivity index (χ0n) is 72.0. The van der Waals surface area contributed by atoms with E-state index < -0.39 is 37.7 Å². The molecule has 1 saturated heterocycles. The highest BCUT2D eigenvalue weighted by atomic mass is 20.0. The summed E-state index contributed by atoms with van der Waals surface area (Å²) in [4.78, 5) is 4.17. The maximum absolute atomic E-state index is 12.7. The molecule has 0 bridgehead atoms. The van der Waals surface area contributed by atoms with Crippen molar-refractivity contribution in [2.24, 2.45) is 0 Å². The molecule has 7 atom stereocenters. The fraction of sp³-hybridized carbons (Fsp3) is 0.287. The maximum atomic E-state index is 12.7. The van der Waals surface area contributed by atoms with Crippen LogP contribution < -0.4 is 58.3 Å². The molecule has 0 aromatic heterocycles. The number of β-amino-alcohol motifs (C(OH)–C–C–N with tert-alkyl or cyclic N) is 2. The van der Waals surface area contributed by atoms with Gasteiger partial charge in [0.2, 0.25) is 0 Å². The summed E-state index contributed by atoms with van der Waals surface area (Å²) in [5.41, 5.74) is 20.2. The largest absolute Gasteiger partial charge is 0.573 e. The summed E-state index contributed by atoms with van der Waals surface area (Å²) in [6.07, 6.45) is -13.5. The second-order valence-electron chi connectivity index (χ2n) is 31.4. The Balaban J connectivity index is 0.000000154. The van der Waals surface area contributed by atoms with Crippen LogP contribution in [0.1, 0.15) is 115 Å². The normalized spacial score (nSPS) is 16.9. The lowest BCUT2D eigenvalue weighted by Crippen LogP contribution is -2.38. The van der Waals surface area contributed by atoms with E-state index in [1.165, 1.54) is 59.7 Å². The first-order valence-electron chi connectivity index (χ1n) is 41.9. The summed E-state index contributed by atoms with van der Waals surface area (Å²) in [6, 6.07) is 79.7. The van der Waals surface area contributed by atoms with Gasteiger partial charge in [-0.3, -0.25) is 0 Å². The molecule has 17 rings (SSSR count). The van der Waals surface area contributed by atoms with Gasteiger partial charge in [0, 0.05) is 45.0 Å². The maximum Gasteiger partial charge on any atom is 0.573 e. The van der Waals surface area contributed by atoms with Gasteiger partial charge in [0.25, 0.3) is 0 Å². The molecule has 5 aliphatic heterocycles. The number of benzene rings is 12. The van der Waals surface area contributed by atoms with Gasteiger partial charge in [0.1, 0.15) is 46.0 Å². The topological polar surface area (TPSA) is 157 Å². The fourth-order valence-electron chi connectivity index (χ4n) is 16.8. The monoisotopic (exact) mass is 1810 g/mol. The standard InChI is InChI=1S/2C26H26F3NO3.2C23H20F3NO2.C3H6O.F2/c2*1-17(31)16-30-24(19-7-4-9-21(15-19)33-26(27,28)29)13-12-23-22(10-5-11-25(23)30)18-6-3-8-20(14-18)32-2;2*1-28-17-7-2-5-15(13-17)19-9-4-10-22-20(19)11-12-21(27-22)16-6-3-8-18(14-16)29-23(24,25)26;1-3-2-4-3;1-2/h2*3-11,14-15,17,24,31H,12-13,16H2,1-2H3;2*2-10,13-14,21,27H,11-12H2,1H3;3H,2H2,1H3;/t17-,24+;17-,24-;;;3-;/m11..1./s1. The Hall–Kier alpha value is -12.9. The van der Waals surface area contributed by atoms with Crippen LogP contribution in [0.2, 0.25) is 0 Å². The Morgan fingerprint density at radius 3 is 0.862 bits per heavy atom. The van der Waals surface area contributed by atoms with E-state index in [2.05, 4.69) is 70.6 Å². The number of hydrogen-bond donors (Lipinski definition) is 4. The third kappa shape index (κ3) is 26.5. The number of ether oxygens (including phenoxy) is 9. The number of aliphatic hydroxyl groups excluding tert-OH is 2. The van der Waals surface area contributed by atoms with Gasteiger partial charge >= 0.3 is 25.4 Å². The van der Waals surface area contributed by atoms with Crippen LogP contribution in [-0.4, -0.2) is 102 Å². The number of alkyl halides is 12. The smallest absolute Gasteiger partial charge is 0.497 e. The molecule has 29 heteroatoms. The van der Waals surface area contributed by atoms with E-state index >= 15 is 0 Å². The Bertz CT molecular complexity index is 5390.